The van der Waals surface area contributed by atoms with Crippen molar-refractivity contribution in [1.29, 1.82) is 0 Å². The fraction of sp³-hybridized carbons (Fsp3) is 0.192. The number of halogens is 2. The molecule has 4 aromatic rings. The zero-order chi connectivity index (χ0) is 24.2. The van der Waals surface area contributed by atoms with Crippen molar-refractivity contribution in [2.75, 3.05) is 0 Å². The first-order chi connectivity index (χ1) is 16.4. The van der Waals surface area contributed by atoms with E-state index in [1.807, 2.05) is 19.9 Å². The molecule has 5 nitrogen and oxygen atoms in total. The van der Waals surface area contributed by atoms with Crippen LogP contribution in [0.4, 0.5) is 8.78 Å². The topological polar surface area (TPSA) is 56.5 Å². The Bertz CT molecular complexity index is 1420. The van der Waals surface area contributed by atoms with Crippen LogP contribution in [-0.4, -0.2) is 24.7 Å². The van der Waals surface area contributed by atoms with Crippen LogP contribution in [0.5, 0.6) is 0 Å². The molecule has 1 unspecified atom stereocenters. The van der Waals surface area contributed by atoms with Gasteiger partial charge in [0.15, 0.2) is 0 Å². The molecule has 1 aromatic carbocycles. The third kappa shape index (κ3) is 5.01. The van der Waals surface area contributed by atoms with Crippen LogP contribution in [0.2, 0.25) is 0 Å². The quantitative estimate of drug-likeness (QED) is 0.176. The van der Waals surface area contributed by atoms with Gasteiger partial charge in [0.25, 0.3) is 0 Å². The summed E-state index contributed by atoms with van der Waals surface area (Å²) in [6, 6.07) is 7.91. The minimum atomic E-state index is -2.70. The van der Waals surface area contributed by atoms with Crippen molar-refractivity contribution >= 4 is 25.7 Å². The molecule has 0 aliphatic heterocycles. The Morgan fingerprint density at radius 1 is 1.09 bits per heavy atom. The number of nitrogens with zero attached hydrogens (tertiary/aromatic N) is 5. The summed E-state index contributed by atoms with van der Waals surface area (Å²) in [5, 5.41) is 5.77. The highest BCUT2D eigenvalue weighted by molar-refractivity contribution is 7.23. The maximum absolute atomic E-state index is 13.2. The third-order valence-corrected chi connectivity index (χ3v) is 5.82. The summed E-state index contributed by atoms with van der Waals surface area (Å²) in [6.45, 7) is 5.04. The van der Waals surface area contributed by atoms with E-state index >= 15 is 0 Å². The first-order valence-electron chi connectivity index (χ1n) is 10.7. The lowest BCUT2D eigenvalue weighted by atomic mass is 9.95. The van der Waals surface area contributed by atoms with E-state index in [1.54, 1.807) is 24.7 Å². The predicted molar refractivity (Wildman–Crippen MR) is 134 cm³/mol. The summed E-state index contributed by atoms with van der Waals surface area (Å²) >= 11 is 0. The highest BCUT2D eigenvalue weighted by Gasteiger charge is 2.15. The molecule has 0 spiro atoms. The molecule has 0 aliphatic carbocycles. The molecule has 0 amide bonds. The van der Waals surface area contributed by atoms with Gasteiger partial charge in [-0.05, 0) is 66.6 Å². The number of aryl methyl sites for hydroxylation is 2. The monoisotopic (exact) mass is 475 g/mol. The van der Waals surface area contributed by atoms with E-state index in [4.69, 9.17) is 4.98 Å². The molecule has 0 saturated carbocycles. The average molecular weight is 475 g/mol. The molecule has 0 bridgehead atoms. The summed E-state index contributed by atoms with van der Waals surface area (Å²) in [4.78, 5) is 13.3. The van der Waals surface area contributed by atoms with Gasteiger partial charge in [-0.3, -0.25) is 4.98 Å². The number of allylic oxidation sites excluding steroid dienone is 3. The number of pyridine rings is 1. The van der Waals surface area contributed by atoms with Crippen LogP contribution >= 0.6 is 9.24 Å². The number of alkyl halides is 2. The van der Waals surface area contributed by atoms with Gasteiger partial charge in [-0.25, -0.2) is 14.6 Å². The van der Waals surface area contributed by atoms with Gasteiger partial charge in [-0.1, -0.05) is 6.58 Å². The number of hydrogen-bond acceptors (Lipinski definition) is 4. The van der Waals surface area contributed by atoms with Gasteiger partial charge in [0.05, 0.1) is 11.7 Å². The van der Waals surface area contributed by atoms with Crippen molar-refractivity contribution in [3.63, 3.8) is 0 Å². The second-order valence-corrected chi connectivity index (χ2v) is 8.82. The minimum absolute atomic E-state index is 0.587. The smallest absolute Gasteiger partial charge is 0.255 e. The number of fused-ring (bicyclic) bond motifs is 1. The molecule has 0 saturated heterocycles. The maximum Gasteiger partial charge on any atom is 0.333 e. The molecule has 0 N–H and O–H groups in total. The molecule has 172 valence electrons. The Kier molecular flexibility index (Phi) is 7.06. The first kappa shape index (κ1) is 23.6. The van der Waals surface area contributed by atoms with Crippen molar-refractivity contribution in [3.05, 3.63) is 95.4 Å². The zero-order valence-corrected chi connectivity index (χ0v) is 20.1. The van der Waals surface area contributed by atoms with Crippen molar-refractivity contribution in [1.82, 2.24) is 24.7 Å². The average Bonchev–Trinajstić information content (AvgIpc) is 3.33. The molecular formula is C26H24F2N5P. The van der Waals surface area contributed by atoms with Gasteiger partial charge >= 0.3 is 6.55 Å². The van der Waals surface area contributed by atoms with Gasteiger partial charge in [0.1, 0.15) is 5.82 Å². The molecule has 34 heavy (non-hydrogen) atoms. The Labute approximate surface area is 199 Å². The Morgan fingerprint density at radius 2 is 1.85 bits per heavy atom. The van der Waals surface area contributed by atoms with E-state index in [2.05, 4.69) is 48.7 Å². The third-order valence-electron chi connectivity index (χ3n) is 5.54. The lowest BCUT2D eigenvalue weighted by molar-refractivity contribution is 0.0566. The summed E-state index contributed by atoms with van der Waals surface area (Å²) in [6.07, 6.45) is 9.38. The number of benzene rings is 1. The first-order valence-corrected chi connectivity index (χ1v) is 11.3. The van der Waals surface area contributed by atoms with Crippen molar-refractivity contribution < 1.29 is 8.78 Å². The van der Waals surface area contributed by atoms with E-state index in [9.17, 15) is 8.78 Å². The fourth-order valence-electron chi connectivity index (χ4n) is 3.94. The molecule has 3 aromatic heterocycles. The van der Waals surface area contributed by atoms with Crippen LogP contribution in [0.1, 0.15) is 37.3 Å². The molecule has 0 aliphatic rings. The standard InChI is InChI=1S/C26H24F2N5P/c1-4-16(2)24(17(3)34)20-12-19-10-18(6-7-23-29-8-5-9-30-23)11-22(25(19)31-13-20)21-14-32-33(15-21)26(27)28/h5,8-15,26H,1,6-7,34H2,2-3H3/b24-17+. The number of aromatic nitrogens is 5. The van der Waals surface area contributed by atoms with Gasteiger partial charge in [0, 0.05) is 53.3 Å². The van der Waals surface area contributed by atoms with Crippen LogP contribution < -0.4 is 0 Å². The van der Waals surface area contributed by atoms with Gasteiger partial charge in [-0.15, -0.1) is 15.0 Å². The zero-order valence-electron chi connectivity index (χ0n) is 19.0. The fourth-order valence-corrected chi connectivity index (χ4v) is 4.32. The Hall–Kier alpha value is -3.53. The maximum atomic E-state index is 13.2. The Balaban J connectivity index is 1.85. The molecule has 0 fully saturated rings. The van der Waals surface area contributed by atoms with Crippen molar-refractivity contribution in [2.45, 2.75) is 33.2 Å². The highest BCUT2D eigenvalue weighted by atomic mass is 31.0. The normalized spacial score (nSPS) is 12.1. The van der Waals surface area contributed by atoms with Crippen molar-refractivity contribution in [3.8, 4) is 11.1 Å². The van der Waals surface area contributed by atoms with E-state index in [1.165, 1.54) is 12.4 Å². The SMILES string of the molecule is C=C=C(C)/C(=C(/C)P)c1cnc2c(-c3cnn(C(F)F)c3)cc(CCc3ncccn3)cc2c1. The van der Waals surface area contributed by atoms with Gasteiger partial charge in [-0.2, -0.15) is 13.9 Å². The second-order valence-electron chi connectivity index (χ2n) is 7.95. The minimum Gasteiger partial charge on any atom is -0.255 e. The molecule has 1 atom stereocenters. The number of rotatable bonds is 7. The van der Waals surface area contributed by atoms with E-state index in [0.29, 0.717) is 23.1 Å². The molecular weight excluding hydrogens is 451 g/mol. The second kappa shape index (κ2) is 10.2. The molecule has 0 radical (unpaired) electrons. The van der Waals surface area contributed by atoms with Crippen LogP contribution in [0.15, 0.2) is 78.4 Å². The van der Waals surface area contributed by atoms with E-state index in [0.717, 1.165) is 49.9 Å². The van der Waals surface area contributed by atoms with Crippen LogP contribution in [0.25, 0.3) is 27.6 Å². The van der Waals surface area contributed by atoms with Crippen LogP contribution in [0, 0.1) is 0 Å². The van der Waals surface area contributed by atoms with E-state index < -0.39 is 6.55 Å². The molecule has 4 rings (SSSR count). The van der Waals surface area contributed by atoms with Gasteiger partial charge in [0.2, 0.25) is 0 Å². The van der Waals surface area contributed by atoms with Crippen LogP contribution in [-0.2, 0) is 12.8 Å². The summed E-state index contributed by atoms with van der Waals surface area (Å²) in [7, 11) is 2.73. The van der Waals surface area contributed by atoms with E-state index in [-0.39, 0.29) is 0 Å². The largest absolute Gasteiger partial charge is 0.333 e. The summed E-state index contributed by atoms with van der Waals surface area (Å²) in [5.41, 5.74) is 8.92. The molecule has 3 heterocycles. The lowest BCUT2D eigenvalue weighted by Crippen LogP contribution is -1.99. The van der Waals surface area contributed by atoms with Crippen LogP contribution in [0.3, 0.4) is 0 Å². The lowest BCUT2D eigenvalue weighted by Gasteiger charge is -2.13. The summed E-state index contributed by atoms with van der Waals surface area (Å²) < 4.78 is 27.0. The van der Waals surface area contributed by atoms with Crippen molar-refractivity contribution in [2.24, 2.45) is 0 Å². The highest BCUT2D eigenvalue weighted by Crippen LogP contribution is 2.34. The predicted octanol–water partition coefficient (Wildman–Crippen LogP) is 6.41. The Morgan fingerprint density at radius 3 is 2.50 bits per heavy atom. The molecule has 8 heteroatoms. The number of hydrogen-bond donors (Lipinski definition) is 0. The van der Waals surface area contributed by atoms with Gasteiger partial charge < -0.3 is 0 Å². The summed E-state index contributed by atoms with van der Waals surface area (Å²) in [5.74, 6) is 0.747.